The van der Waals surface area contributed by atoms with Crippen LogP contribution in [0.4, 0.5) is 4.79 Å². The van der Waals surface area contributed by atoms with E-state index >= 15 is 0 Å². The van der Waals surface area contributed by atoms with Crippen LogP contribution in [0.3, 0.4) is 0 Å². The van der Waals surface area contributed by atoms with E-state index in [1.807, 2.05) is 30.3 Å². The van der Waals surface area contributed by atoms with Gasteiger partial charge in [-0.1, -0.05) is 41.6 Å². The van der Waals surface area contributed by atoms with Crippen molar-refractivity contribution >= 4 is 11.9 Å². The highest BCUT2D eigenvalue weighted by atomic mass is 16.6. The number of rotatable bonds is 2. The van der Waals surface area contributed by atoms with Gasteiger partial charge < -0.3 is 9.57 Å². The van der Waals surface area contributed by atoms with Crippen LogP contribution in [0.1, 0.15) is 5.56 Å². The molecule has 0 radical (unpaired) electrons. The van der Waals surface area contributed by atoms with Gasteiger partial charge in [-0.25, -0.2) is 4.79 Å². The summed E-state index contributed by atoms with van der Waals surface area (Å²) >= 11 is 0. The highest BCUT2D eigenvalue weighted by Gasteiger charge is 2.06. The molecule has 18 heavy (non-hydrogen) atoms. The Morgan fingerprint density at radius 1 is 1.28 bits per heavy atom. The zero-order chi connectivity index (χ0) is 12.6. The number of benzene rings is 1. The molecule has 0 aliphatic carbocycles. The highest BCUT2D eigenvalue weighted by molar-refractivity contribution is 6.02. The summed E-state index contributed by atoms with van der Waals surface area (Å²) in [6.45, 7) is 0.211. The second kappa shape index (κ2) is 6.24. The van der Waals surface area contributed by atoms with Crippen LogP contribution in [-0.4, -0.2) is 11.9 Å². The molecule has 0 bridgehead atoms. The zero-order valence-electron chi connectivity index (χ0n) is 9.58. The van der Waals surface area contributed by atoms with Crippen molar-refractivity contribution in [3.05, 3.63) is 60.4 Å². The van der Waals surface area contributed by atoms with Gasteiger partial charge in [0.1, 0.15) is 12.9 Å². The number of carbonyl (C=O) groups is 1. The third-order valence-electron chi connectivity index (χ3n) is 2.10. The normalized spacial score (nSPS) is 13.2. The maximum atomic E-state index is 11.5. The topological polar surface area (TPSA) is 59.9 Å². The fraction of sp³-hybridized carbons (Fsp3) is 0.0769. The first-order chi connectivity index (χ1) is 8.84. The van der Waals surface area contributed by atoms with Gasteiger partial charge in [0.2, 0.25) is 0 Å². The summed E-state index contributed by atoms with van der Waals surface area (Å²) in [7, 11) is 0. The lowest BCUT2D eigenvalue weighted by molar-refractivity contribution is 0.144. The van der Waals surface area contributed by atoms with Crippen LogP contribution in [0.25, 0.3) is 0 Å². The van der Waals surface area contributed by atoms with Crippen LogP contribution >= 0.6 is 0 Å². The Kier molecular flexibility index (Phi) is 4.13. The average molecular weight is 244 g/mol. The summed E-state index contributed by atoms with van der Waals surface area (Å²) in [6.07, 6.45) is 5.79. The van der Waals surface area contributed by atoms with Crippen molar-refractivity contribution < 1.29 is 14.4 Å². The highest BCUT2D eigenvalue weighted by Crippen LogP contribution is 2.00. The number of nitrogens with zero attached hydrogens (tertiary/aromatic N) is 1. The number of carbonyl (C=O) groups excluding carboxylic acids is 1. The van der Waals surface area contributed by atoms with Crippen molar-refractivity contribution in [2.24, 2.45) is 5.16 Å². The van der Waals surface area contributed by atoms with E-state index in [4.69, 9.17) is 9.57 Å². The van der Waals surface area contributed by atoms with E-state index in [0.717, 1.165) is 5.56 Å². The number of hydrogen-bond acceptors (Lipinski definition) is 4. The van der Waals surface area contributed by atoms with Gasteiger partial charge in [0.15, 0.2) is 5.84 Å². The minimum atomic E-state index is -0.576. The van der Waals surface area contributed by atoms with Crippen molar-refractivity contribution in [3.63, 3.8) is 0 Å². The molecule has 1 N–H and O–H groups in total. The van der Waals surface area contributed by atoms with Crippen molar-refractivity contribution in [1.82, 2.24) is 5.32 Å². The number of ether oxygens (including phenoxy) is 1. The molecule has 0 saturated heterocycles. The number of amidine groups is 1. The Bertz CT molecular complexity index is 492. The summed E-state index contributed by atoms with van der Waals surface area (Å²) < 4.78 is 5.03. The Hall–Kier alpha value is -2.56. The van der Waals surface area contributed by atoms with E-state index in [-0.39, 0.29) is 12.4 Å². The first-order valence-corrected chi connectivity index (χ1v) is 5.39. The first-order valence-electron chi connectivity index (χ1n) is 5.39. The van der Waals surface area contributed by atoms with Crippen molar-refractivity contribution in [3.8, 4) is 0 Å². The standard InChI is InChI=1S/C13H12N2O3/c16-13(14-12-8-4-5-9-18-15-12)17-10-11-6-2-1-3-7-11/h1-9H,10H2,(H,14,15,16). The average Bonchev–Trinajstić information content (AvgIpc) is 2.66. The van der Waals surface area contributed by atoms with Gasteiger partial charge in [-0.15, -0.1) is 0 Å². The molecule has 1 heterocycles. The van der Waals surface area contributed by atoms with Gasteiger partial charge >= 0.3 is 6.09 Å². The van der Waals surface area contributed by atoms with Crippen molar-refractivity contribution in [2.75, 3.05) is 0 Å². The monoisotopic (exact) mass is 244 g/mol. The molecule has 5 nitrogen and oxygen atoms in total. The van der Waals surface area contributed by atoms with Gasteiger partial charge in [0.25, 0.3) is 0 Å². The molecular formula is C13H12N2O3. The third-order valence-corrected chi connectivity index (χ3v) is 2.10. The number of oxime groups is 1. The summed E-state index contributed by atoms with van der Waals surface area (Å²) in [6, 6.07) is 9.42. The number of amides is 1. The lowest BCUT2D eigenvalue weighted by Crippen LogP contribution is -2.29. The lowest BCUT2D eigenvalue weighted by atomic mass is 10.2. The number of alkyl carbamates (subject to hydrolysis) is 1. The molecule has 2 rings (SSSR count). The minimum Gasteiger partial charge on any atom is -0.444 e. The fourth-order valence-corrected chi connectivity index (χ4v) is 1.27. The molecule has 1 aromatic carbocycles. The fourth-order valence-electron chi connectivity index (χ4n) is 1.27. The molecule has 1 aliphatic heterocycles. The lowest BCUT2D eigenvalue weighted by Gasteiger charge is -2.06. The molecule has 0 fully saturated rings. The first kappa shape index (κ1) is 11.9. The quantitative estimate of drug-likeness (QED) is 0.868. The van der Waals surface area contributed by atoms with Gasteiger partial charge in [-0.05, 0) is 17.7 Å². The van der Waals surface area contributed by atoms with Crippen LogP contribution < -0.4 is 5.32 Å². The Labute approximate surface area is 104 Å². The van der Waals surface area contributed by atoms with E-state index in [2.05, 4.69) is 10.5 Å². The summed E-state index contributed by atoms with van der Waals surface area (Å²) in [5, 5.41) is 6.12. The second-order valence-electron chi connectivity index (χ2n) is 3.46. The number of nitrogens with one attached hydrogen (secondary N) is 1. The molecule has 0 aromatic heterocycles. The van der Waals surface area contributed by atoms with Gasteiger partial charge in [-0.2, -0.15) is 0 Å². The predicted molar refractivity (Wildman–Crippen MR) is 66.6 cm³/mol. The molecule has 1 amide bonds. The SMILES string of the molecule is O=C(NC1=NOC=CC=C1)OCc1ccccc1. The minimum absolute atomic E-state index is 0.211. The molecule has 1 aliphatic rings. The molecule has 0 spiro atoms. The van der Waals surface area contributed by atoms with Crippen molar-refractivity contribution in [2.45, 2.75) is 6.61 Å². The van der Waals surface area contributed by atoms with E-state index in [0.29, 0.717) is 0 Å². The van der Waals surface area contributed by atoms with Gasteiger partial charge in [0, 0.05) is 0 Å². The Morgan fingerprint density at radius 3 is 2.94 bits per heavy atom. The van der Waals surface area contributed by atoms with Crippen LogP contribution in [0.2, 0.25) is 0 Å². The van der Waals surface area contributed by atoms with Crippen LogP contribution in [0, 0.1) is 0 Å². The van der Waals surface area contributed by atoms with Crippen molar-refractivity contribution in [1.29, 1.82) is 0 Å². The van der Waals surface area contributed by atoms with E-state index in [9.17, 15) is 4.79 Å². The summed E-state index contributed by atoms with van der Waals surface area (Å²) in [5.41, 5.74) is 0.920. The summed E-state index contributed by atoms with van der Waals surface area (Å²) in [5.74, 6) is 0.290. The number of hydrogen-bond donors (Lipinski definition) is 1. The van der Waals surface area contributed by atoms with Crippen LogP contribution in [0.15, 0.2) is 60.0 Å². The Balaban J connectivity index is 1.81. The predicted octanol–water partition coefficient (Wildman–Crippen LogP) is 2.33. The van der Waals surface area contributed by atoms with E-state index in [1.165, 1.54) is 6.26 Å². The van der Waals surface area contributed by atoms with Crippen LogP contribution in [0.5, 0.6) is 0 Å². The van der Waals surface area contributed by atoms with Gasteiger partial charge in [-0.3, -0.25) is 5.32 Å². The molecule has 5 heteroatoms. The maximum absolute atomic E-state index is 11.5. The van der Waals surface area contributed by atoms with Crippen LogP contribution in [-0.2, 0) is 16.2 Å². The third kappa shape index (κ3) is 3.79. The summed E-state index contributed by atoms with van der Waals surface area (Å²) in [4.78, 5) is 16.2. The maximum Gasteiger partial charge on any atom is 0.413 e. The number of allylic oxidation sites excluding steroid dienone is 2. The molecule has 0 saturated carbocycles. The van der Waals surface area contributed by atoms with E-state index < -0.39 is 6.09 Å². The zero-order valence-corrected chi connectivity index (χ0v) is 9.58. The molecule has 0 atom stereocenters. The van der Waals surface area contributed by atoms with Gasteiger partial charge in [0.05, 0.1) is 0 Å². The Morgan fingerprint density at radius 2 is 2.11 bits per heavy atom. The second-order valence-corrected chi connectivity index (χ2v) is 3.46. The van der Waals surface area contributed by atoms with E-state index in [1.54, 1.807) is 18.2 Å². The largest absolute Gasteiger partial charge is 0.444 e. The molecule has 0 unspecified atom stereocenters. The molecule has 92 valence electrons. The molecular weight excluding hydrogens is 232 g/mol. The smallest absolute Gasteiger partial charge is 0.413 e. The molecule has 1 aromatic rings.